The van der Waals surface area contributed by atoms with Gasteiger partial charge in [-0.2, -0.15) is 0 Å². The minimum Gasteiger partial charge on any atom is -0.497 e. The van der Waals surface area contributed by atoms with Crippen molar-refractivity contribution < 1.29 is 19.1 Å². The number of ether oxygens (including phenoxy) is 2. The average Bonchev–Trinajstić information content (AvgIpc) is 2.70. The molecule has 2 aromatic carbocycles. The predicted octanol–water partition coefficient (Wildman–Crippen LogP) is 4.40. The van der Waals surface area contributed by atoms with Gasteiger partial charge in [-0.25, -0.2) is 4.79 Å². The standard InChI is InChI=1S/C22H25NO4/c1-4-16(2)19-10-5-6-11-20(19)23-21(24)15-27-22(25)13-12-17-8-7-9-18(14-17)26-3/h5-14,16H,4,15H2,1-3H3,(H,23,24)/b13-12+/t16-/m0/s1. The van der Waals surface area contributed by atoms with Gasteiger partial charge in [0.25, 0.3) is 5.91 Å². The summed E-state index contributed by atoms with van der Waals surface area (Å²) in [4.78, 5) is 23.9. The predicted molar refractivity (Wildman–Crippen MR) is 107 cm³/mol. The molecule has 1 amide bonds. The SMILES string of the molecule is CC[C@H](C)c1ccccc1NC(=O)COC(=O)/C=C/c1cccc(OC)c1. The van der Waals surface area contributed by atoms with Crippen molar-refractivity contribution in [3.8, 4) is 5.75 Å². The molecule has 27 heavy (non-hydrogen) atoms. The molecule has 2 aromatic rings. The minimum atomic E-state index is -0.580. The molecule has 0 aliphatic carbocycles. The van der Waals surface area contributed by atoms with Crippen LogP contribution in [0.4, 0.5) is 5.69 Å². The van der Waals surface area contributed by atoms with Crippen LogP contribution in [0.5, 0.6) is 5.75 Å². The summed E-state index contributed by atoms with van der Waals surface area (Å²) >= 11 is 0. The van der Waals surface area contributed by atoms with Crippen LogP contribution >= 0.6 is 0 Å². The molecule has 0 radical (unpaired) electrons. The smallest absolute Gasteiger partial charge is 0.331 e. The van der Waals surface area contributed by atoms with E-state index in [1.807, 2.05) is 42.5 Å². The lowest BCUT2D eigenvalue weighted by Gasteiger charge is -2.15. The van der Waals surface area contributed by atoms with E-state index < -0.39 is 5.97 Å². The van der Waals surface area contributed by atoms with Gasteiger partial charge < -0.3 is 14.8 Å². The Morgan fingerprint density at radius 1 is 1.15 bits per heavy atom. The normalized spacial score (nSPS) is 11.8. The first-order valence-corrected chi connectivity index (χ1v) is 8.91. The highest BCUT2D eigenvalue weighted by Gasteiger charge is 2.12. The van der Waals surface area contributed by atoms with Gasteiger partial charge in [0.1, 0.15) is 5.75 Å². The van der Waals surface area contributed by atoms with Gasteiger partial charge in [0.2, 0.25) is 0 Å². The molecule has 0 aliphatic heterocycles. The Balaban J connectivity index is 1.88. The summed E-state index contributed by atoms with van der Waals surface area (Å²) in [5.74, 6) is 0.0804. The van der Waals surface area contributed by atoms with E-state index >= 15 is 0 Å². The van der Waals surface area contributed by atoms with E-state index in [0.29, 0.717) is 11.7 Å². The van der Waals surface area contributed by atoms with E-state index in [1.165, 1.54) is 6.08 Å². The highest BCUT2D eigenvalue weighted by Crippen LogP contribution is 2.26. The van der Waals surface area contributed by atoms with E-state index in [1.54, 1.807) is 19.3 Å². The summed E-state index contributed by atoms with van der Waals surface area (Å²) in [5, 5.41) is 2.81. The van der Waals surface area contributed by atoms with Crippen LogP contribution in [0.2, 0.25) is 0 Å². The number of benzene rings is 2. The van der Waals surface area contributed by atoms with E-state index in [-0.39, 0.29) is 12.5 Å². The van der Waals surface area contributed by atoms with Crippen molar-refractivity contribution in [2.45, 2.75) is 26.2 Å². The van der Waals surface area contributed by atoms with Gasteiger partial charge in [0.05, 0.1) is 7.11 Å². The maximum absolute atomic E-state index is 12.1. The van der Waals surface area contributed by atoms with Crippen molar-refractivity contribution in [1.29, 1.82) is 0 Å². The van der Waals surface area contributed by atoms with Gasteiger partial charge in [0.15, 0.2) is 6.61 Å². The van der Waals surface area contributed by atoms with Crippen molar-refractivity contribution in [3.05, 3.63) is 65.7 Å². The zero-order valence-electron chi connectivity index (χ0n) is 15.9. The lowest BCUT2D eigenvalue weighted by Crippen LogP contribution is -2.21. The first-order valence-electron chi connectivity index (χ1n) is 8.91. The molecular weight excluding hydrogens is 342 g/mol. The van der Waals surface area contributed by atoms with Gasteiger partial charge in [-0.3, -0.25) is 4.79 Å². The Hall–Kier alpha value is -3.08. The Morgan fingerprint density at radius 3 is 2.67 bits per heavy atom. The summed E-state index contributed by atoms with van der Waals surface area (Å²) in [5.41, 5.74) is 2.62. The van der Waals surface area contributed by atoms with Gasteiger partial charge in [-0.05, 0) is 47.7 Å². The summed E-state index contributed by atoms with van der Waals surface area (Å²) in [6.45, 7) is 3.87. The molecule has 1 N–H and O–H groups in total. The number of para-hydroxylation sites is 1. The van der Waals surface area contributed by atoms with E-state index in [4.69, 9.17) is 9.47 Å². The lowest BCUT2D eigenvalue weighted by atomic mass is 9.97. The summed E-state index contributed by atoms with van der Waals surface area (Å²) in [6.07, 6.45) is 3.87. The zero-order chi connectivity index (χ0) is 19.6. The van der Waals surface area contributed by atoms with Gasteiger partial charge in [0, 0.05) is 11.8 Å². The Kier molecular flexibility index (Phi) is 7.62. The molecule has 0 spiro atoms. The molecule has 0 saturated carbocycles. The number of amides is 1. The molecule has 0 fully saturated rings. The molecule has 5 nitrogen and oxygen atoms in total. The Bertz CT molecular complexity index is 813. The number of nitrogens with one attached hydrogen (secondary N) is 1. The number of carbonyl (C=O) groups is 2. The van der Waals surface area contributed by atoms with Crippen LogP contribution in [0.25, 0.3) is 6.08 Å². The van der Waals surface area contributed by atoms with Gasteiger partial charge in [-0.15, -0.1) is 0 Å². The summed E-state index contributed by atoms with van der Waals surface area (Å²) in [7, 11) is 1.58. The van der Waals surface area contributed by atoms with E-state index in [9.17, 15) is 9.59 Å². The molecular formula is C22H25NO4. The molecule has 0 saturated heterocycles. The van der Waals surface area contributed by atoms with Crippen LogP contribution in [0.1, 0.15) is 37.3 Å². The van der Waals surface area contributed by atoms with Crippen LogP contribution in [-0.2, 0) is 14.3 Å². The molecule has 2 rings (SSSR count). The number of esters is 1. The third-order valence-electron chi connectivity index (χ3n) is 4.23. The fourth-order valence-electron chi connectivity index (χ4n) is 2.54. The first-order chi connectivity index (χ1) is 13.0. The van der Waals surface area contributed by atoms with Crippen molar-refractivity contribution in [1.82, 2.24) is 0 Å². The largest absolute Gasteiger partial charge is 0.497 e. The van der Waals surface area contributed by atoms with Gasteiger partial charge >= 0.3 is 5.97 Å². The lowest BCUT2D eigenvalue weighted by molar-refractivity contribution is -0.142. The summed E-state index contributed by atoms with van der Waals surface area (Å²) in [6, 6.07) is 14.9. The molecule has 0 heterocycles. The van der Waals surface area contributed by atoms with Gasteiger partial charge in [-0.1, -0.05) is 44.2 Å². The molecule has 0 bridgehead atoms. The van der Waals surface area contributed by atoms with Crippen molar-refractivity contribution in [3.63, 3.8) is 0 Å². The molecule has 0 aromatic heterocycles. The number of hydrogen-bond donors (Lipinski definition) is 1. The molecule has 142 valence electrons. The van der Waals surface area contributed by atoms with E-state index in [0.717, 1.165) is 23.2 Å². The maximum atomic E-state index is 12.1. The fourth-order valence-corrected chi connectivity index (χ4v) is 2.54. The Labute approximate surface area is 160 Å². The first kappa shape index (κ1) is 20.2. The van der Waals surface area contributed by atoms with Crippen molar-refractivity contribution >= 4 is 23.6 Å². The number of anilines is 1. The molecule has 0 aliphatic rings. The minimum absolute atomic E-state index is 0.329. The number of rotatable bonds is 8. The summed E-state index contributed by atoms with van der Waals surface area (Å²) < 4.78 is 10.1. The third-order valence-corrected chi connectivity index (χ3v) is 4.23. The fraction of sp³-hybridized carbons (Fsp3) is 0.273. The highest BCUT2D eigenvalue weighted by atomic mass is 16.5. The van der Waals surface area contributed by atoms with Crippen LogP contribution < -0.4 is 10.1 Å². The monoisotopic (exact) mass is 367 g/mol. The van der Waals surface area contributed by atoms with Crippen LogP contribution in [0.15, 0.2) is 54.6 Å². The van der Waals surface area contributed by atoms with Crippen molar-refractivity contribution in [2.24, 2.45) is 0 Å². The second-order valence-electron chi connectivity index (χ2n) is 6.16. The molecule has 1 atom stereocenters. The third kappa shape index (κ3) is 6.29. The quantitative estimate of drug-likeness (QED) is 0.555. The number of hydrogen-bond acceptors (Lipinski definition) is 4. The second kappa shape index (κ2) is 10.2. The van der Waals surface area contributed by atoms with Crippen LogP contribution in [-0.4, -0.2) is 25.6 Å². The Morgan fingerprint density at radius 2 is 1.93 bits per heavy atom. The van der Waals surface area contributed by atoms with Crippen LogP contribution in [0, 0.1) is 0 Å². The maximum Gasteiger partial charge on any atom is 0.331 e. The van der Waals surface area contributed by atoms with E-state index in [2.05, 4.69) is 19.2 Å². The topological polar surface area (TPSA) is 64.6 Å². The van der Waals surface area contributed by atoms with Crippen LogP contribution in [0.3, 0.4) is 0 Å². The number of methoxy groups -OCH3 is 1. The second-order valence-corrected chi connectivity index (χ2v) is 6.16. The average molecular weight is 367 g/mol. The molecule has 0 unspecified atom stereocenters. The van der Waals surface area contributed by atoms with Crippen molar-refractivity contribution in [2.75, 3.05) is 19.0 Å². The zero-order valence-corrected chi connectivity index (χ0v) is 15.9. The highest BCUT2D eigenvalue weighted by molar-refractivity contribution is 5.95. The number of carbonyl (C=O) groups excluding carboxylic acids is 2. The molecule has 5 heteroatoms.